The van der Waals surface area contributed by atoms with Gasteiger partial charge in [0, 0.05) is 17.6 Å². The molecule has 0 unspecified atom stereocenters. The number of aryl methyl sites for hydroxylation is 1. The highest BCUT2D eigenvalue weighted by molar-refractivity contribution is 5.89. The number of benzene rings is 1. The zero-order chi connectivity index (χ0) is 24.9. The van der Waals surface area contributed by atoms with Crippen molar-refractivity contribution in [2.45, 2.75) is 51.1 Å². The molecule has 4 heterocycles. The minimum atomic E-state index is -4.39. The van der Waals surface area contributed by atoms with Crippen molar-refractivity contribution in [2.24, 2.45) is 0 Å². The summed E-state index contributed by atoms with van der Waals surface area (Å²) in [5, 5.41) is 3.15. The Morgan fingerprint density at radius 1 is 1.17 bits per heavy atom. The molecule has 2 aliphatic rings. The molecule has 5 rings (SSSR count). The quantitative estimate of drug-likeness (QED) is 0.525. The Bertz CT molecular complexity index is 1280. The monoisotopic (exact) mass is 490 g/mol. The maximum atomic E-state index is 14.0. The number of ether oxygens (including phenoxy) is 1. The van der Waals surface area contributed by atoms with Gasteiger partial charge in [0.25, 0.3) is 0 Å². The summed E-state index contributed by atoms with van der Waals surface area (Å²) in [6.07, 6.45) is -2.34. The summed E-state index contributed by atoms with van der Waals surface area (Å²) < 4.78 is 60.0. The van der Waals surface area contributed by atoms with E-state index in [0.29, 0.717) is 29.8 Å². The molecule has 1 saturated heterocycles. The first-order valence-electron chi connectivity index (χ1n) is 11.1. The number of fused-ring (bicyclic) bond motifs is 3. The van der Waals surface area contributed by atoms with Gasteiger partial charge in [0.1, 0.15) is 24.6 Å². The Hall–Kier alpha value is -3.70. The molecule has 12 heteroatoms. The third-order valence-corrected chi connectivity index (χ3v) is 6.28. The highest BCUT2D eigenvalue weighted by Gasteiger charge is 2.39. The molecular formula is C23H22F4N6O2. The summed E-state index contributed by atoms with van der Waals surface area (Å²) in [5.74, 6) is 0.431. The second-order valence-corrected chi connectivity index (χ2v) is 8.58. The van der Waals surface area contributed by atoms with E-state index in [2.05, 4.69) is 20.3 Å². The van der Waals surface area contributed by atoms with Crippen LogP contribution in [0.2, 0.25) is 0 Å². The van der Waals surface area contributed by atoms with Gasteiger partial charge in [0.05, 0.1) is 23.6 Å². The third-order valence-electron chi connectivity index (χ3n) is 6.28. The van der Waals surface area contributed by atoms with E-state index in [1.54, 1.807) is 10.9 Å². The number of nitrogens with one attached hydrogen (secondary N) is 1. The number of carbonyl (C=O) groups is 1. The van der Waals surface area contributed by atoms with Crippen LogP contribution >= 0.6 is 0 Å². The average Bonchev–Trinajstić information content (AvgIpc) is 3.42. The molecule has 1 N–H and O–H groups in total. The molecule has 0 saturated carbocycles. The van der Waals surface area contributed by atoms with Crippen molar-refractivity contribution in [3.8, 4) is 5.69 Å². The lowest BCUT2D eigenvalue weighted by atomic mass is 9.97. The zero-order valence-corrected chi connectivity index (χ0v) is 18.9. The van der Waals surface area contributed by atoms with Crippen molar-refractivity contribution in [3.05, 3.63) is 59.3 Å². The molecule has 1 fully saturated rings. The smallest absolute Gasteiger partial charge is 0.416 e. The van der Waals surface area contributed by atoms with Crippen LogP contribution in [0.15, 0.2) is 36.8 Å². The van der Waals surface area contributed by atoms with Gasteiger partial charge in [-0.1, -0.05) is 0 Å². The van der Waals surface area contributed by atoms with Crippen LogP contribution in [0.4, 0.5) is 34.1 Å². The predicted molar refractivity (Wildman–Crippen MR) is 118 cm³/mol. The second kappa shape index (κ2) is 8.51. The third kappa shape index (κ3) is 4.17. The van der Waals surface area contributed by atoms with Crippen LogP contribution in [0.1, 0.15) is 42.4 Å². The molecular weight excluding hydrogens is 468 g/mol. The second-order valence-electron chi connectivity index (χ2n) is 8.58. The molecule has 1 aromatic carbocycles. The normalized spacial score (nSPS) is 19.1. The molecule has 0 bridgehead atoms. The summed E-state index contributed by atoms with van der Waals surface area (Å²) >= 11 is 0. The van der Waals surface area contributed by atoms with Crippen molar-refractivity contribution in [2.75, 3.05) is 16.8 Å². The molecule has 2 aromatic heterocycles. The summed E-state index contributed by atoms with van der Waals surface area (Å²) in [6.45, 7) is 3.15. The van der Waals surface area contributed by atoms with Crippen LogP contribution in [-0.4, -0.2) is 44.4 Å². The lowest BCUT2D eigenvalue weighted by molar-refractivity contribution is -0.137. The van der Waals surface area contributed by atoms with Gasteiger partial charge in [0.15, 0.2) is 0 Å². The molecule has 0 spiro atoms. The van der Waals surface area contributed by atoms with Crippen molar-refractivity contribution in [1.29, 1.82) is 0 Å². The van der Waals surface area contributed by atoms with E-state index < -0.39 is 30.0 Å². The first-order chi connectivity index (χ1) is 16.6. The largest absolute Gasteiger partial charge is 0.447 e. The fourth-order valence-corrected chi connectivity index (χ4v) is 4.51. The lowest BCUT2D eigenvalue weighted by Gasteiger charge is -2.23. The van der Waals surface area contributed by atoms with Gasteiger partial charge >= 0.3 is 12.3 Å². The molecule has 0 radical (unpaired) electrons. The number of alkyl halides is 4. The first-order valence-corrected chi connectivity index (χ1v) is 11.1. The van der Waals surface area contributed by atoms with E-state index >= 15 is 0 Å². The predicted octanol–water partition coefficient (Wildman–Crippen LogP) is 4.64. The number of hydrogen-bond donors (Lipinski definition) is 1. The zero-order valence-electron chi connectivity index (χ0n) is 18.9. The van der Waals surface area contributed by atoms with Crippen LogP contribution in [0, 0.1) is 0 Å². The number of halogens is 4. The van der Waals surface area contributed by atoms with E-state index in [0.717, 1.165) is 11.8 Å². The summed E-state index contributed by atoms with van der Waals surface area (Å²) in [7, 11) is 0. The summed E-state index contributed by atoms with van der Waals surface area (Å²) in [5.41, 5.74) is 2.20. The molecule has 184 valence electrons. The minimum Gasteiger partial charge on any atom is -0.447 e. The van der Waals surface area contributed by atoms with Gasteiger partial charge < -0.3 is 14.6 Å². The standard InChI is InChI=1S/C23H22F4N6O2/c1-12(24)18-10-35-22(34)33(18)19-7-8-28-21(31-19)30-13(2)20-17-5-3-14-9-15(23(25,26)27)4-6-16(14)32(17)11-29-20/h4,6-9,11-13,18H,3,5,10H2,1-2H3,(H,28,30,31)/t12-,13-,18+/m0/s1. The van der Waals surface area contributed by atoms with Crippen LogP contribution in [0.3, 0.4) is 0 Å². The molecule has 8 nitrogen and oxygen atoms in total. The Kier molecular flexibility index (Phi) is 5.60. The first kappa shape index (κ1) is 23.1. The Balaban J connectivity index is 1.38. The van der Waals surface area contributed by atoms with E-state index in [1.807, 2.05) is 6.92 Å². The Morgan fingerprint density at radius 3 is 2.71 bits per heavy atom. The van der Waals surface area contributed by atoms with Gasteiger partial charge in [-0.2, -0.15) is 18.2 Å². The maximum Gasteiger partial charge on any atom is 0.416 e. The highest BCUT2D eigenvalue weighted by Crippen LogP contribution is 2.35. The van der Waals surface area contributed by atoms with Gasteiger partial charge in [-0.15, -0.1) is 0 Å². The number of nitrogens with zero attached hydrogens (tertiary/aromatic N) is 5. The minimum absolute atomic E-state index is 0.0631. The van der Waals surface area contributed by atoms with Crippen molar-refractivity contribution >= 4 is 17.9 Å². The van der Waals surface area contributed by atoms with E-state index in [9.17, 15) is 22.4 Å². The van der Waals surface area contributed by atoms with Gasteiger partial charge in [0.2, 0.25) is 5.95 Å². The highest BCUT2D eigenvalue weighted by atomic mass is 19.4. The SMILES string of the molecule is C[C@H](Nc1nccc(N2C(=O)OC[C@@H]2[C@H](C)F)n1)c1ncn2c1CCc1cc(C(F)(F)F)ccc1-2. The lowest BCUT2D eigenvalue weighted by Crippen LogP contribution is -2.39. The van der Waals surface area contributed by atoms with Crippen molar-refractivity contribution in [3.63, 3.8) is 0 Å². The number of carbonyl (C=O) groups excluding carboxylic acids is 1. The number of rotatable bonds is 5. The van der Waals surface area contributed by atoms with E-state index in [1.165, 1.54) is 36.2 Å². The van der Waals surface area contributed by atoms with Gasteiger partial charge in [-0.3, -0.25) is 4.90 Å². The maximum absolute atomic E-state index is 14.0. The fourth-order valence-electron chi connectivity index (χ4n) is 4.51. The van der Waals surface area contributed by atoms with Crippen LogP contribution in [0.5, 0.6) is 0 Å². The Labute approximate surface area is 198 Å². The molecule has 0 aliphatic carbocycles. The molecule has 3 atom stereocenters. The number of anilines is 2. The van der Waals surface area contributed by atoms with Crippen molar-refractivity contribution in [1.82, 2.24) is 19.5 Å². The molecule has 35 heavy (non-hydrogen) atoms. The number of imidazole rings is 1. The topological polar surface area (TPSA) is 85.2 Å². The van der Waals surface area contributed by atoms with Gasteiger partial charge in [-0.05, 0) is 56.5 Å². The summed E-state index contributed by atoms with van der Waals surface area (Å²) in [4.78, 5) is 26.4. The average molecular weight is 490 g/mol. The number of amides is 1. The molecule has 1 amide bonds. The van der Waals surface area contributed by atoms with Crippen LogP contribution in [0.25, 0.3) is 5.69 Å². The Morgan fingerprint density at radius 2 is 1.97 bits per heavy atom. The van der Waals surface area contributed by atoms with Crippen LogP contribution < -0.4 is 10.2 Å². The van der Waals surface area contributed by atoms with Crippen molar-refractivity contribution < 1.29 is 27.1 Å². The summed E-state index contributed by atoms with van der Waals surface area (Å²) in [6, 6.07) is 4.11. The van der Waals surface area contributed by atoms with E-state index in [4.69, 9.17) is 4.74 Å². The number of cyclic esters (lactones) is 1. The van der Waals surface area contributed by atoms with E-state index in [-0.39, 0.29) is 24.4 Å². The number of hydrogen-bond acceptors (Lipinski definition) is 6. The molecule has 3 aromatic rings. The van der Waals surface area contributed by atoms with Gasteiger partial charge in [-0.25, -0.2) is 19.2 Å². The molecule has 2 aliphatic heterocycles. The van der Waals surface area contributed by atoms with Crippen LogP contribution in [-0.2, 0) is 23.8 Å². The fraction of sp³-hybridized carbons (Fsp3) is 0.391. The number of aromatic nitrogens is 4.